The van der Waals surface area contributed by atoms with Crippen molar-refractivity contribution in [3.63, 3.8) is 0 Å². The lowest BCUT2D eigenvalue weighted by Crippen LogP contribution is -2.70. The summed E-state index contributed by atoms with van der Waals surface area (Å²) in [5, 5.41) is 15.4. The number of nitrogens with zero attached hydrogens (tertiary/aromatic N) is 2. The van der Waals surface area contributed by atoms with E-state index in [2.05, 4.69) is 9.59 Å². The fourth-order valence-corrected chi connectivity index (χ4v) is 10.2. The van der Waals surface area contributed by atoms with Gasteiger partial charge in [0.15, 0.2) is 22.7 Å². The number of ketones is 1. The monoisotopic (exact) mass is 608 g/mol. The van der Waals surface area contributed by atoms with Crippen molar-refractivity contribution in [1.82, 2.24) is 9.59 Å². The number of aliphatic hydroxyl groups excluding tert-OH is 1. The van der Waals surface area contributed by atoms with Crippen LogP contribution < -0.4 is 0 Å². The summed E-state index contributed by atoms with van der Waals surface area (Å²) in [7, 11) is 0. The van der Waals surface area contributed by atoms with E-state index in [0.29, 0.717) is 6.42 Å². The lowest BCUT2D eigenvalue weighted by Gasteiger charge is -2.63. The van der Waals surface area contributed by atoms with E-state index in [1.54, 1.807) is 13.8 Å². The first-order valence-electron chi connectivity index (χ1n) is 13.6. The average molecular weight is 609 g/mol. The van der Waals surface area contributed by atoms with Crippen LogP contribution in [0, 0.1) is 28.6 Å². The molecule has 6 rings (SSSR count). The minimum atomic E-state index is -2.35. The Hall–Kier alpha value is -2.51. The molecule has 1 aliphatic heterocycles. The highest BCUT2D eigenvalue weighted by molar-refractivity contribution is 8.14. The van der Waals surface area contributed by atoms with E-state index in [0.717, 1.165) is 29.4 Å². The molecule has 0 unspecified atom stereocenters. The fraction of sp³-hybridized carbons (Fsp3) is 0.643. The number of hydrogen-bond donors (Lipinski definition) is 1. The van der Waals surface area contributed by atoms with Crippen LogP contribution in [0.2, 0.25) is 0 Å². The quantitative estimate of drug-likeness (QED) is 0.506. The molecule has 3 saturated carbocycles. The second-order valence-corrected chi connectivity index (χ2v) is 14.0. The van der Waals surface area contributed by atoms with Crippen molar-refractivity contribution in [3.8, 4) is 0 Å². The van der Waals surface area contributed by atoms with Crippen LogP contribution in [0.1, 0.15) is 56.9 Å². The fourth-order valence-electron chi connectivity index (χ4n) is 8.47. The van der Waals surface area contributed by atoms with Crippen molar-refractivity contribution >= 4 is 46.1 Å². The Balaban J connectivity index is 1.46. The molecule has 0 spiro atoms. The predicted octanol–water partition coefficient (Wildman–Crippen LogP) is 3.57. The van der Waals surface area contributed by atoms with E-state index in [1.165, 1.54) is 24.5 Å². The van der Waals surface area contributed by atoms with Gasteiger partial charge in [-0.25, -0.2) is 13.6 Å². The summed E-state index contributed by atoms with van der Waals surface area (Å²) >= 11 is 1.65. The van der Waals surface area contributed by atoms with Gasteiger partial charge in [0.25, 0.3) is 0 Å². The first kappa shape index (κ1) is 28.6. The molecular weight excluding hydrogens is 578 g/mol. The predicted molar refractivity (Wildman–Crippen MR) is 143 cm³/mol. The molecule has 41 heavy (non-hydrogen) atoms. The second-order valence-electron chi connectivity index (χ2n) is 12.3. The summed E-state index contributed by atoms with van der Waals surface area (Å²) in [4.78, 5) is 52.1. The van der Waals surface area contributed by atoms with E-state index < -0.39 is 80.2 Å². The Morgan fingerprint density at radius 1 is 1.24 bits per heavy atom. The molecule has 0 bridgehead atoms. The lowest BCUT2D eigenvalue weighted by molar-refractivity contribution is -0.221. The number of alkyl halides is 2. The number of cyclic esters (lactones) is 1. The molecule has 220 valence electrons. The van der Waals surface area contributed by atoms with Crippen molar-refractivity contribution < 1.29 is 42.5 Å². The highest BCUT2D eigenvalue weighted by atomic mass is 32.2. The number of esters is 2. The number of thioether (sulfide) groups is 1. The average Bonchev–Trinajstić information content (AvgIpc) is 3.64. The van der Waals surface area contributed by atoms with Gasteiger partial charge in [0.05, 0.1) is 12.7 Å². The standard InChI is InChI=1S/C28H30F2N2O7S2/c1-13-8-15-16-10-18(29)17-9-14(33)4-6-25(17,2)27(16,30)21(34)11-26(15,3)28(13,39-22(35)19-12-40-32-31-19)24(37)41-20-5-7-38-23(20)36/h4,6,9,12-13,15-16,18,20-21,34H,5,7-8,10-11H2,1-3H3/t13-,15+,16+,18+,20+,21+,25+,26+,27+,28+/m1/s1. The van der Waals surface area contributed by atoms with Gasteiger partial charge in [0.2, 0.25) is 5.12 Å². The van der Waals surface area contributed by atoms with Crippen LogP contribution in [0.25, 0.3) is 0 Å². The minimum Gasteiger partial charge on any atom is -0.465 e. The van der Waals surface area contributed by atoms with Crippen LogP contribution in [-0.2, 0) is 23.9 Å². The zero-order chi connectivity index (χ0) is 29.5. The van der Waals surface area contributed by atoms with Crippen LogP contribution in [0.5, 0.6) is 0 Å². The molecule has 10 atom stereocenters. The number of halogens is 2. The SMILES string of the molecule is C[C@@H]1C[C@H]2[C@@H]3C[C@H](F)C4=CC(=O)C=C[C@]4(C)[C@@]3(F)[C@@H](O)C[C@]2(C)[C@@]1(OC(=O)c1csnn1)C(=O)S[C@H]1CCOC1=O. The third kappa shape index (κ3) is 3.73. The molecule has 0 aromatic carbocycles. The van der Waals surface area contributed by atoms with E-state index in [-0.39, 0.29) is 37.1 Å². The van der Waals surface area contributed by atoms with Gasteiger partial charge >= 0.3 is 11.9 Å². The number of hydrogen-bond acceptors (Lipinski definition) is 11. The summed E-state index contributed by atoms with van der Waals surface area (Å²) < 4.78 is 48.3. The number of carbonyl (C=O) groups excluding carboxylic acids is 4. The third-order valence-electron chi connectivity index (χ3n) is 10.4. The normalized spacial score (nSPS) is 44.9. The topological polar surface area (TPSA) is 133 Å². The summed E-state index contributed by atoms with van der Waals surface area (Å²) in [5.74, 6) is -4.32. The first-order valence-corrected chi connectivity index (χ1v) is 15.4. The van der Waals surface area contributed by atoms with Crippen molar-refractivity contribution in [1.29, 1.82) is 0 Å². The number of allylic oxidation sites excluding steroid dienone is 4. The highest BCUT2D eigenvalue weighted by Gasteiger charge is 2.78. The summed E-state index contributed by atoms with van der Waals surface area (Å²) in [6, 6.07) is 0. The van der Waals surface area contributed by atoms with Gasteiger partial charge in [-0.1, -0.05) is 36.2 Å². The number of fused-ring (bicyclic) bond motifs is 5. The van der Waals surface area contributed by atoms with Crippen LogP contribution in [0.4, 0.5) is 8.78 Å². The number of ether oxygens (including phenoxy) is 2. The van der Waals surface area contributed by atoms with Crippen LogP contribution >= 0.6 is 23.3 Å². The molecule has 0 radical (unpaired) electrons. The van der Waals surface area contributed by atoms with Gasteiger partial charge in [0.1, 0.15) is 11.4 Å². The van der Waals surface area contributed by atoms with E-state index in [4.69, 9.17) is 9.47 Å². The smallest absolute Gasteiger partial charge is 0.360 e. The Bertz CT molecular complexity index is 1390. The zero-order valence-corrected chi connectivity index (χ0v) is 24.3. The van der Waals surface area contributed by atoms with Crippen molar-refractivity contribution in [3.05, 3.63) is 34.9 Å². The highest BCUT2D eigenvalue weighted by Crippen LogP contribution is 2.72. The molecule has 2 heterocycles. The minimum absolute atomic E-state index is 0.00227. The molecule has 1 saturated heterocycles. The summed E-state index contributed by atoms with van der Waals surface area (Å²) in [6.07, 6.45) is 0.249. The van der Waals surface area contributed by atoms with E-state index in [1.807, 2.05) is 0 Å². The van der Waals surface area contributed by atoms with E-state index in [9.17, 15) is 24.3 Å². The van der Waals surface area contributed by atoms with Crippen LogP contribution in [0.15, 0.2) is 29.2 Å². The van der Waals surface area contributed by atoms with Crippen LogP contribution in [0.3, 0.4) is 0 Å². The van der Waals surface area contributed by atoms with Gasteiger partial charge in [-0.3, -0.25) is 14.4 Å². The van der Waals surface area contributed by atoms with Gasteiger partial charge in [-0.05, 0) is 61.4 Å². The molecule has 1 aromatic heterocycles. The van der Waals surface area contributed by atoms with Crippen molar-refractivity contribution in [2.45, 2.75) is 75.2 Å². The Kier molecular flexibility index (Phi) is 6.63. The van der Waals surface area contributed by atoms with Crippen molar-refractivity contribution in [2.75, 3.05) is 6.61 Å². The maximum atomic E-state index is 17.6. The van der Waals surface area contributed by atoms with Crippen molar-refractivity contribution in [2.24, 2.45) is 28.6 Å². The lowest BCUT2D eigenvalue weighted by atomic mass is 9.44. The van der Waals surface area contributed by atoms with Crippen LogP contribution in [-0.4, -0.2) is 72.9 Å². The maximum Gasteiger partial charge on any atom is 0.360 e. The molecular formula is C28H30F2N2O7S2. The molecule has 4 fully saturated rings. The van der Waals surface area contributed by atoms with Gasteiger partial charge < -0.3 is 14.6 Å². The third-order valence-corrected chi connectivity index (χ3v) is 12.2. The molecule has 1 aromatic rings. The maximum absolute atomic E-state index is 17.6. The number of rotatable bonds is 4. The molecule has 0 amide bonds. The number of carbonyl (C=O) groups is 4. The Morgan fingerprint density at radius 3 is 2.66 bits per heavy atom. The zero-order valence-electron chi connectivity index (χ0n) is 22.7. The Morgan fingerprint density at radius 2 is 2.00 bits per heavy atom. The number of aromatic nitrogens is 2. The molecule has 9 nitrogen and oxygen atoms in total. The summed E-state index contributed by atoms with van der Waals surface area (Å²) in [6.45, 7) is 5.06. The van der Waals surface area contributed by atoms with E-state index >= 15 is 8.78 Å². The van der Waals surface area contributed by atoms with Gasteiger partial charge in [0, 0.05) is 34.5 Å². The summed E-state index contributed by atoms with van der Waals surface area (Å²) in [5.41, 5.74) is -7.28. The van der Waals surface area contributed by atoms with Gasteiger partial charge in [-0.15, -0.1) is 5.10 Å². The Labute approximate surface area is 243 Å². The molecule has 1 N–H and O–H groups in total. The molecule has 4 aliphatic carbocycles. The molecule has 13 heteroatoms. The first-order chi connectivity index (χ1) is 19.3. The largest absolute Gasteiger partial charge is 0.465 e. The van der Waals surface area contributed by atoms with Gasteiger partial charge in [-0.2, -0.15) is 0 Å². The second kappa shape index (κ2) is 9.50. The number of aliphatic hydroxyl groups is 1. The molecule has 5 aliphatic rings.